The van der Waals surface area contributed by atoms with Crippen molar-refractivity contribution < 1.29 is 34.9 Å². The number of carbonyl (C=O) groups excluding carboxylic acids is 2. The van der Waals surface area contributed by atoms with Crippen LogP contribution in [0.15, 0.2) is 0 Å². The predicted molar refractivity (Wildman–Crippen MR) is 125 cm³/mol. The highest BCUT2D eigenvalue weighted by molar-refractivity contribution is 5.80. The fraction of sp³-hybridized carbons (Fsp3) is 0.917. The van der Waals surface area contributed by atoms with Crippen LogP contribution in [0, 0.1) is 0 Å². The van der Waals surface area contributed by atoms with Crippen molar-refractivity contribution in [3.05, 3.63) is 0 Å². The van der Waals surface area contributed by atoms with Gasteiger partial charge in [0.15, 0.2) is 0 Å². The van der Waals surface area contributed by atoms with E-state index in [4.69, 9.17) is 15.3 Å². The van der Waals surface area contributed by atoms with E-state index in [0.29, 0.717) is 26.1 Å². The van der Waals surface area contributed by atoms with E-state index >= 15 is 0 Å². The number of nitrogens with one attached hydrogen (secondary N) is 1. The van der Waals surface area contributed by atoms with E-state index in [1.165, 1.54) is 56.9 Å². The molecule has 0 aromatic carbocycles. The number of carboxylic acids is 1. The molecule has 0 rings (SSSR count). The number of quaternary nitrogens is 1. The molecular weight excluding hydrogens is 412 g/mol. The number of nitrogens with zero attached hydrogens (tertiary/aromatic N) is 1. The molecule has 0 bridgehead atoms. The second-order valence-corrected chi connectivity index (χ2v) is 9.11. The fourth-order valence-electron chi connectivity index (χ4n) is 3.56. The van der Waals surface area contributed by atoms with Gasteiger partial charge in [0.2, 0.25) is 5.91 Å². The van der Waals surface area contributed by atoms with Gasteiger partial charge in [-0.1, -0.05) is 58.3 Å². The number of unbranched alkanes of at least 4 members (excludes halogenated alkanes) is 8. The number of carboxylic acid groups (broad SMARTS) is 1. The van der Waals surface area contributed by atoms with Crippen molar-refractivity contribution in [3.63, 3.8) is 0 Å². The third-order valence-corrected chi connectivity index (χ3v) is 5.04. The maximum absolute atomic E-state index is 11.5. The van der Waals surface area contributed by atoms with Gasteiger partial charge in [0, 0.05) is 13.5 Å². The number of carbonyl (C=O) groups is 2. The quantitative estimate of drug-likeness (QED) is 0.215. The van der Waals surface area contributed by atoms with Crippen molar-refractivity contribution in [2.75, 3.05) is 33.2 Å². The van der Waals surface area contributed by atoms with Gasteiger partial charge in [0.25, 0.3) is 0 Å². The fourth-order valence-corrected chi connectivity index (χ4v) is 3.56. The van der Waals surface area contributed by atoms with E-state index in [1.54, 1.807) is 20.8 Å². The minimum Gasteiger partial charge on any atom is -0.548 e. The molecule has 0 radical (unpaired) electrons. The van der Waals surface area contributed by atoms with Crippen molar-refractivity contribution in [3.8, 4) is 0 Å². The first-order chi connectivity index (χ1) is 15.0. The van der Waals surface area contributed by atoms with Crippen LogP contribution in [0.5, 0.6) is 0 Å². The lowest BCUT2D eigenvalue weighted by molar-refractivity contribution is -0.908. The number of amides is 1. The molecule has 0 aromatic heterocycles. The summed E-state index contributed by atoms with van der Waals surface area (Å²) in [6, 6.07) is 0. The summed E-state index contributed by atoms with van der Waals surface area (Å²) in [6.07, 6.45) is 10.1. The highest BCUT2D eigenvalue weighted by atomic mass is 16.4. The Morgan fingerprint density at radius 3 is 1.50 bits per heavy atom. The van der Waals surface area contributed by atoms with E-state index in [2.05, 4.69) is 6.92 Å². The molecule has 0 heterocycles. The monoisotopic (exact) mass is 462 g/mol. The second-order valence-electron chi connectivity index (χ2n) is 9.11. The maximum Gasteiger partial charge on any atom is 0.222 e. The second kappa shape index (κ2) is 21.6. The molecule has 1 amide bonds. The number of rotatable bonds is 18. The Morgan fingerprint density at radius 2 is 1.16 bits per heavy atom. The van der Waals surface area contributed by atoms with Crippen LogP contribution < -0.4 is 10.0 Å². The normalized spacial score (nSPS) is 14.6. The Morgan fingerprint density at radius 1 is 0.781 bits per heavy atom. The summed E-state index contributed by atoms with van der Waals surface area (Å²) in [5, 5.41) is 37.8. The highest BCUT2D eigenvalue weighted by Gasteiger charge is 2.16. The predicted octanol–water partition coefficient (Wildman–Crippen LogP) is 0.129. The van der Waals surface area contributed by atoms with Crippen molar-refractivity contribution in [2.45, 2.75) is 110 Å². The smallest absolute Gasteiger partial charge is 0.222 e. The topological polar surface area (TPSA) is 126 Å². The highest BCUT2D eigenvalue weighted by Crippen LogP contribution is 2.10. The van der Waals surface area contributed by atoms with Gasteiger partial charge in [-0.05, 0) is 27.2 Å². The van der Waals surface area contributed by atoms with Crippen LogP contribution in [0.25, 0.3) is 0 Å². The average Bonchev–Trinajstić information content (AvgIpc) is 2.64. The molecule has 4 N–H and O–H groups in total. The van der Waals surface area contributed by atoms with Crippen LogP contribution in [0.2, 0.25) is 0 Å². The van der Waals surface area contributed by atoms with Gasteiger partial charge in [-0.15, -0.1) is 0 Å². The molecule has 0 spiro atoms. The van der Waals surface area contributed by atoms with E-state index in [0.717, 1.165) is 17.7 Å². The molecule has 8 nitrogen and oxygen atoms in total. The summed E-state index contributed by atoms with van der Waals surface area (Å²) in [5.74, 6) is -1.31. The summed E-state index contributed by atoms with van der Waals surface area (Å²) >= 11 is 0. The van der Waals surface area contributed by atoms with Gasteiger partial charge in [0.05, 0.1) is 12.5 Å². The summed E-state index contributed by atoms with van der Waals surface area (Å²) in [7, 11) is 1.51. The zero-order chi connectivity index (χ0) is 24.9. The zero-order valence-corrected chi connectivity index (χ0v) is 21.1. The van der Waals surface area contributed by atoms with Crippen molar-refractivity contribution >= 4 is 11.9 Å². The van der Waals surface area contributed by atoms with Crippen LogP contribution in [-0.4, -0.2) is 83.6 Å². The third kappa shape index (κ3) is 25.0. The van der Waals surface area contributed by atoms with Gasteiger partial charge in [-0.25, -0.2) is 0 Å². The van der Waals surface area contributed by atoms with Gasteiger partial charge in [-0.3, -0.25) is 4.79 Å². The lowest BCUT2D eigenvalue weighted by Crippen LogP contribution is -3.15. The molecule has 0 fully saturated rings. The molecule has 0 aliphatic carbocycles. The third-order valence-electron chi connectivity index (χ3n) is 5.04. The molecule has 32 heavy (non-hydrogen) atoms. The number of aliphatic hydroxyl groups excluding tert-OH is 3. The molecule has 0 saturated carbocycles. The van der Waals surface area contributed by atoms with Crippen LogP contribution >= 0.6 is 0 Å². The Kier molecular flexibility index (Phi) is 22.3. The number of hydrogen-bond donors (Lipinski definition) is 4. The van der Waals surface area contributed by atoms with E-state index in [-0.39, 0.29) is 12.5 Å². The van der Waals surface area contributed by atoms with Crippen molar-refractivity contribution in [1.29, 1.82) is 0 Å². The molecule has 0 aliphatic heterocycles. The Labute approximate surface area is 195 Å². The van der Waals surface area contributed by atoms with Crippen LogP contribution in [0.4, 0.5) is 0 Å². The first-order valence-corrected chi connectivity index (χ1v) is 12.3. The first-order valence-electron chi connectivity index (χ1n) is 12.3. The van der Waals surface area contributed by atoms with Gasteiger partial charge < -0.3 is 35.0 Å². The van der Waals surface area contributed by atoms with E-state index in [1.807, 2.05) is 0 Å². The van der Waals surface area contributed by atoms with Crippen LogP contribution in [0.3, 0.4) is 0 Å². The Bertz CT molecular complexity index is 434. The molecule has 192 valence electrons. The van der Waals surface area contributed by atoms with Gasteiger partial charge in [-0.2, -0.15) is 0 Å². The van der Waals surface area contributed by atoms with Gasteiger partial charge in [0.1, 0.15) is 37.9 Å². The van der Waals surface area contributed by atoms with E-state index < -0.39 is 24.3 Å². The Hall–Kier alpha value is -1.22. The molecule has 0 aromatic rings. The molecule has 3 atom stereocenters. The molecule has 8 heteroatoms. The summed E-state index contributed by atoms with van der Waals surface area (Å²) in [4.78, 5) is 24.1. The number of aliphatic hydroxyl groups is 3. The molecular formula is C24H50N2O6. The largest absolute Gasteiger partial charge is 0.548 e. The Balaban J connectivity index is 0. The standard InChI is InChI=1S/C15H29NO3.C9H21NO3/c1-3-4-5-6-7-8-9-10-11-12-14(17)16(2)13-15(18)19;1-7(11)4-10(5-8(2)12)6-9(3)13/h3-13H2,1-2H3,(H,18,19);7-9,11-13H,4-6H2,1-3H3. The van der Waals surface area contributed by atoms with E-state index in [9.17, 15) is 14.7 Å². The van der Waals surface area contributed by atoms with Crippen LogP contribution in [-0.2, 0) is 9.59 Å². The van der Waals surface area contributed by atoms with Crippen LogP contribution in [0.1, 0.15) is 91.9 Å². The zero-order valence-electron chi connectivity index (χ0n) is 21.1. The molecule has 0 saturated heterocycles. The van der Waals surface area contributed by atoms with Crippen molar-refractivity contribution in [2.24, 2.45) is 0 Å². The number of hydrogen-bond acceptors (Lipinski definition) is 6. The lowest BCUT2D eigenvalue weighted by Gasteiger charge is -2.23. The first kappa shape index (κ1) is 33.0. The minimum absolute atomic E-state index is 0.104. The minimum atomic E-state index is -1.21. The maximum atomic E-state index is 11.5. The SMILES string of the molecule is CC(O)C[NH+](CC(C)O)CC(C)O.CCCCCCCCCCCC(=O)N(C)CC(=O)[O-]. The number of likely N-dealkylation sites (N-methyl/N-ethyl adjacent to an activating group) is 1. The van der Waals surface area contributed by atoms with Gasteiger partial charge >= 0.3 is 0 Å². The molecule has 0 aliphatic rings. The molecule has 3 unspecified atom stereocenters. The lowest BCUT2D eigenvalue weighted by atomic mass is 10.1. The van der Waals surface area contributed by atoms with Crippen molar-refractivity contribution in [1.82, 2.24) is 4.90 Å². The summed E-state index contributed by atoms with van der Waals surface area (Å²) in [6.45, 7) is 8.74. The average molecular weight is 463 g/mol. The number of aliphatic carboxylic acids is 1. The summed E-state index contributed by atoms with van der Waals surface area (Å²) < 4.78 is 0. The summed E-state index contributed by atoms with van der Waals surface area (Å²) in [5.41, 5.74) is 0.